The second-order valence-corrected chi connectivity index (χ2v) is 10.2. The molecule has 0 aliphatic heterocycles. The molecule has 0 radical (unpaired) electrons. The van der Waals surface area contributed by atoms with Crippen LogP contribution in [-0.2, 0) is 5.41 Å². The Kier molecular flexibility index (Phi) is 5.05. The van der Waals surface area contributed by atoms with E-state index in [2.05, 4.69) is 39.2 Å². The maximum Gasteiger partial charge on any atom is 0.179 e. The van der Waals surface area contributed by atoms with E-state index in [0.717, 1.165) is 29.8 Å². The molecular formula is C27H26F2N6O. The SMILES string of the molecule is CCC(O)c1n[nH]c(-c2cccc([C@@]34CC[C@@H](c5cc(-c6c(F)cccc6F)nnc53)C4(C)C)n2)n1. The van der Waals surface area contributed by atoms with Gasteiger partial charge in [0.25, 0.3) is 0 Å². The topological polar surface area (TPSA) is 100 Å². The van der Waals surface area contributed by atoms with E-state index in [1.54, 1.807) is 6.07 Å². The number of aromatic nitrogens is 6. The second-order valence-electron chi connectivity index (χ2n) is 10.2. The molecule has 9 heteroatoms. The summed E-state index contributed by atoms with van der Waals surface area (Å²) in [4.78, 5) is 9.44. The van der Waals surface area contributed by atoms with Crippen LogP contribution < -0.4 is 0 Å². The van der Waals surface area contributed by atoms with Crippen LogP contribution >= 0.6 is 0 Å². The van der Waals surface area contributed by atoms with Gasteiger partial charge >= 0.3 is 0 Å². The standard InChI is InChI=1S/C27H26F2N6O/c1-4-20(36)25-31-24(34-35-25)18-9-6-10-21(30-18)27-12-11-15(26(27,2)3)14-13-19(32-33-23(14)27)22-16(28)7-5-8-17(22)29/h5-10,13,15,20,36H,4,11-12H2,1-3H3,(H,31,34,35)/t15-,20?,27-/m0/s1. The zero-order valence-electron chi connectivity index (χ0n) is 20.3. The lowest BCUT2D eigenvalue weighted by molar-refractivity contribution is 0.164. The minimum atomic E-state index is -0.739. The number of pyridine rings is 1. The van der Waals surface area contributed by atoms with Crippen LogP contribution in [-0.4, -0.2) is 35.5 Å². The average Bonchev–Trinajstić information content (AvgIpc) is 3.52. The first-order valence-electron chi connectivity index (χ1n) is 12.2. The smallest absolute Gasteiger partial charge is 0.179 e. The van der Waals surface area contributed by atoms with Crippen molar-refractivity contribution in [3.63, 3.8) is 0 Å². The normalized spacial score (nSPS) is 22.6. The molecule has 3 atom stereocenters. The molecule has 0 amide bonds. The summed E-state index contributed by atoms with van der Waals surface area (Å²) in [5.74, 6) is -0.341. The Bertz CT molecular complexity index is 1460. The molecule has 184 valence electrons. The summed E-state index contributed by atoms with van der Waals surface area (Å²) in [6, 6.07) is 11.4. The molecular weight excluding hydrogens is 462 g/mol. The summed E-state index contributed by atoms with van der Waals surface area (Å²) < 4.78 is 29.0. The van der Waals surface area contributed by atoms with Crippen molar-refractivity contribution in [1.29, 1.82) is 0 Å². The molecule has 36 heavy (non-hydrogen) atoms. The minimum Gasteiger partial charge on any atom is -0.385 e. The van der Waals surface area contributed by atoms with Crippen LogP contribution in [0.2, 0.25) is 0 Å². The summed E-state index contributed by atoms with van der Waals surface area (Å²) in [6.45, 7) is 6.27. The van der Waals surface area contributed by atoms with E-state index in [9.17, 15) is 13.9 Å². The highest BCUT2D eigenvalue weighted by Gasteiger charge is 2.65. The first-order valence-corrected chi connectivity index (χ1v) is 12.2. The Balaban J connectivity index is 1.47. The number of rotatable bonds is 5. The molecule has 4 aromatic rings. The van der Waals surface area contributed by atoms with Crippen LogP contribution in [0.4, 0.5) is 8.78 Å². The lowest BCUT2D eigenvalue weighted by Gasteiger charge is -2.37. The van der Waals surface area contributed by atoms with Crippen molar-refractivity contribution in [2.75, 3.05) is 0 Å². The van der Waals surface area contributed by atoms with Gasteiger partial charge in [0.2, 0.25) is 0 Å². The van der Waals surface area contributed by atoms with Gasteiger partial charge in [0, 0.05) is 0 Å². The molecule has 3 aromatic heterocycles. The van der Waals surface area contributed by atoms with Gasteiger partial charge in [-0.3, -0.25) is 5.10 Å². The second kappa shape index (κ2) is 7.96. The number of hydrogen-bond acceptors (Lipinski definition) is 6. The van der Waals surface area contributed by atoms with E-state index in [1.807, 2.05) is 25.1 Å². The fourth-order valence-corrected chi connectivity index (χ4v) is 6.28. The number of benzene rings is 1. The highest BCUT2D eigenvalue weighted by Crippen LogP contribution is 2.69. The lowest BCUT2D eigenvalue weighted by Crippen LogP contribution is -2.37. The molecule has 2 aliphatic rings. The summed E-state index contributed by atoms with van der Waals surface area (Å²) in [5.41, 5.74) is 2.55. The Hall–Kier alpha value is -3.59. The van der Waals surface area contributed by atoms with Gasteiger partial charge in [-0.25, -0.2) is 18.7 Å². The zero-order chi connectivity index (χ0) is 25.2. The molecule has 0 saturated heterocycles. The Morgan fingerprint density at radius 3 is 2.56 bits per heavy atom. The van der Waals surface area contributed by atoms with Crippen LogP contribution in [0.3, 0.4) is 0 Å². The number of aliphatic hydroxyl groups is 1. The Labute approximate surface area is 207 Å². The molecule has 1 aromatic carbocycles. The van der Waals surface area contributed by atoms with Crippen LogP contribution in [0, 0.1) is 17.0 Å². The Morgan fingerprint density at radius 1 is 1.06 bits per heavy atom. The number of fused-ring (bicyclic) bond motifs is 5. The zero-order valence-corrected chi connectivity index (χ0v) is 20.3. The Morgan fingerprint density at radius 2 is 1.81 bits per heavy atom. The maximum atomic E-state index is 14.5. The molecule has 2 bridgehead atoms. The van der Waals surface area contributed by atoms with E-state index >= 15 is 0 Å². The van der Waals surface area contributed by atoms with E-state index in [0.29, 0.717) is 23.8 Å². The highest BCUT2D eigenvalue weighted by molar-refractivity contribution is 5.64. The van der Waals surface area contributed by atoms with E-state index in [4.69, 9.17) is 4.98 Å². The molecule has 0 spiro atoms. The van der Waals surface area contributed by atoms with Gasteiger partial charge in [-0.2, -0.15) is 10.2 Å². The van der Waals surface area contributed by atoms with Crippen molar-refractivity contribution < 1.29 is 13.9 Å². The maximum absolute atomic E-state index is 14.5. The fourth-order valence-electron chi connectivity index (χ4n) is 6.28. The van der Waals surface area contributed by atoms with Crippen molar-refractivity contribution in [3.05, 3.63) is 76.9 Å². The number of H-pyrrole nitrogens is 1. The van der Waals surface area contributed by atoms with Crippen molar-refractivity contribution in [2.24, 2.45) is 5.41 Å². The van der Waals surface area contributed by atoms with Crippen molar-refractivity contribution in [1.82, 2.24) is 30.4 Å². The summed E-state index contributed by atoms with van der Waals surface area (Å²) in [7, 11) is 0. The highest BCUT2D eigenvalue weighted by atomic mass is 19.1. The predicted octanol–water partition coefficient (Wildman–Crippen LogP) is 5.25. The van der Waals surface area contributed by atoms with Gasteiger partial charge in [0.15, 0.2) is 11.6 Å². The van der Waals surface area contributed by atoms with Crippen LogP contribution in [0.1, 0.15) is 74.8 Å². The molecule has 1 fully saturated rings. The molecule has 7 nitrogen and oxygen atoms in total. The number of nitrogens with one attached hydrogen (secondary N) is 1. The molecule has 6 rings (SSSR count). The van der Waals surface area contributed by atoms with E-state index < -0.39 is 23.2 Å². The van der Waals surface area contributed by atoms with Crippen LogP contribution in [0.15, 0.2) is 42.5 Å². The van der Waals surface area contributed by atoms with Crippen molar-refractivity contribution in [2.45, 2.75) is 57.5 Å². The first kappa shape index (κ1) is 22.8. The van der Waals surface area contributed by atoms with Gasteiger partial charge in [0.1, 0.15) is 23.4 Å². The molecule has 3 heterocycles. The molecule has 2 N–H and O–H groups in total. The molecule has 1 saturated carbocycles. The summed E-state index contributed by atoms with van der Waals surface area (Å²) in [6.07, 6.45) is 1.52. The number of halogens is 2. The van der Waals surface area contributed by atoms with E-state index in [-0.39, 0.29) is 22.6 Å². The van der Waals surface area contributed by atoms with Gasteiger partial charge in [-0.1, -0.05) is 32.9 Å². The number of aliphatic hydroxyl groups excluding tert-OH is 1. The largest absolute Gasteiger partial charge is 0.385 e. The number of hydrogen-bond donors (Lipinski definition) is 2. The summed E-state index contributed by atoms with van der Waals surface area (Å²) in [5, 5.41) is 26.0. The van der Waals surface area contributed by atoms with Gasteiger partial charge in [-0.05, 0) is 66.5 Å². The van der Waals surface area contributed by atoms with Gasteiger partial charge in [-0.15, -0.1) is 5.10 Å². The first-order chi connectivity index (χ1) is 17.3. The summed E-state index contributed by atoms with van der Waals surface area (Å²) >= 11 is 0. The average molecular weight is 489 g/mol. The lowest BCUT2D eigenvalue weighted by atomic mass is 9.66. The monoisotopic (exact) mass is 488 g/mol. The van der Waals surface area contributed by atoms with Gasteiger partial charge < -0.3 is 5.11 Å². The van der Waals surface area contributed by atoms with Crippen LogP contribution in [0.5, 0.6) is 0 Å². The van der Waals surface area contributed by atoms with Crippen LogP contribution in [0.25, 0.3) is 22.8 Å². The quantitative estimate of drug-likeness (QED) is 0.398. The van der Waals surface area contributed by atoms with Crippen molar-refractivity contribution >= 4 is 0 Å². The third-order valence-electron chi connectivity index (χ3n) is 8.22. The number of aromatic amines is 1. The number of nitrogens with zero attached hydrogens (tertiary/aromatic N) is 5. The van der Waals surface area contributed by atoms with Crippen molar-refractivity contribution in [3.8, 4) is 22.8 Å². The van der Waals surface area contributed by atoms with E-state index in [1.165, 1.54) is 18.2 Å². The third-order valence-corrected chi connectivity index (χ3v) is 8.22. The fraction of sp³-hybridized carbons (Fsp3) is 0.370. The molecule has 2 aliphatic carbocycles. The van der Waals surface area contributed by atoms with Gasteiger partial charge in [0.05, 0.1) is 28.1 Å². The third kappa shape index (κ3) is 3.01. The molecule has 1 unspecified atom stereocenters. The minimum absolute atomic E-state index is 0.152. The predicted molar refractivity (Wildman–Crippen MR) is 129 cm³/mol.